The summed E-state index contributed by atoms with van der Waals surface area (Å²) in [6.07, 6.45) is 44.7. The Morgan fingerprint density at radius 1 is 0.407 bits per heavy atom. The first-order chi connectivity index (χ1) is 26.1. The van der Waals surface area contributed by atoms with Crippen LogP contribution in [0.3, 0.4) is 0 Å². The van der Waals surface area contributed by atoms with Gasteiger partial charge in [0.2, 0.25) is 0 Å². The number of phosphoric acid groups is 1. The molecule has 0 spiro atoms. The second kappa shape index (κ2) is 49.1. The Balaban J connectivity index is -0.00000126. The molecule has 0 heterocycles. The fraction of sp³-hybridized carbons (Fsp3) is 1.00. The van der Waals surface area contributed by atoms with Gasteiger partial charge in [0.15, 0.2) is 0 Å². The molecular formula is C46H100NO6P. The van der Waals surface area contributed by atoms with Crippen LogP contribution in [-0.2, 0) is 9.30 Å². The summed E-state index contributed by atoms with van der Waals surface area (Å²) in [6, 6.07) is 0. The highest BCUT2D eigenvalue weighted by Gasteiger charge is 2.13. The predicted molar refractivity (Wildman–Crippen MR) is 237 cm³/mol. The zero-order chi connectivity index (χ0) is 40.8. The van der Waals surface area contributed by atoms with E-state index in [0.717, 1.165) is 44.7 Å². The topological polar surface area (TPSA) is 110 Å². The molecule has 330 valence electrons. The van der Waals surface area contributed by atoms with Crippen LogP contribution in [0.1, 0.15) is 247 Å². The van der Waals surface area contributed by atoms with Crippen LogP contribution in [0, 0.1) is 11.8 Å². The van der Waals surface area contributed by atoms with Crippen molar-refractivity contribution in [3.63, 3.8) is 0 Å². The highest BCUT2D eigenvalue weighted by Crippen LogP contribution is 2.26. The van der Waals surface area contributed by atoms with Crippen molar-refractivity contribution in [1.29, 1.82) is 0 Å². The Kier molecular flexibility index (Phi) is 53.1. The summed E-state index contributed by atoms with van der Waals surface area (Å²) in [5.41, 5.74) is 0. The van der Waals surface area contributed by atoms with Crippen molar-refractivity contribution in [3.8, 4) is 0 Å². The van der Waals surface area contributed by atoms with E-state index in [1.165, 1.54) is 205 Å². The van der Waals surface area contributed by atoms with Crippen molar-refractivity contribution in [1.82, 2.24) is 4.90 Å². The van der Waals surface area contributed by atoms with E-state index < -0.39 is 7.82 Å². The van der Waals surface area contributed by atoms with Gasteiger partial charge >= 0.3 is 7.82 Å². The van der Waals surface area contributed by atoms with Gasteiger partial charge in [-0.1, -0.05) is 208 Å². The van der Waals surface area contributed by atoms with Crippen LogP contribution >= 0.6 is 7.82 Å². The molecule has 0 unspecified atom stereocenters. The van der Waals surface area contributed by atoms with Crippen LogP contribution in [0.4, 0.5) is 0 Å². The van der Waals surface area contributed by atoms with Crippen molar-refractivity contribution in [2.45, 2.75) is 247 Å². The Hall–Kier alpha value is -0.0100. The van der Waals surface area contributed by atoms with Gasteiger partial charge in [-0.15, -0.1) is 0 Å². The first-order valence-electron chi connectivity index (χ1n) is 23.8. The summed E-state index contributed by atoms with van der Waals surface area (Å²) < 4.78 is 15.4. The average molecular weight is 794 g/mol. The lowest BCUT2D eigenvalue weighted by molar-refractivity contribution is 0.0587. The molecule has 0 aliphatic carbocycles. The molecule has 7 nitrogen and oxygen atoms in total. The van der Waals surface area contributed by atoms with Crippen LogP contribution in [0.5, 0.6) is 0 Å². The summed E-state index contributed by atoms with van der Waals surface area (Å²) in [4.78, 5) is 23.9. The van der Waals surface area contributed by atoms with E-state index in [1.807, 2.05) is 0 Å². The standard InChI is InChI=1S/C36H74O.C10H23NO.H3O4P/c1-5-9-13-17-21-25-29-35(30-26-22-18-14-10-6-2)33-37-34-36(31-27-23-19-15-11-7-3)32-28-24-20-16-12-8-4;1-3-5-7-11(9-10-12)8-6-4-2;1-5(2,3)4/h35-36H,5-34H2,1-4H3;12H,3-10H2,1-2H3;(H3,1,2,3,4). The number of hydrogen-bond donors (Lipinski definition) is 4. The van der Waals surface area contributed by atoms with Gasteiger partial charge in [-0.2, -0.15) is 0 Å². The monoisotopic (exact) mass is 794 g/mol. The number of hydrogen-bond acceptors (Lipinski definition) is 4. The summed E-state index contributed by atoms with van der Waals surface area (Å²) in [5.74, 6) is 1.61. The van der Waals surface area contributed by atoms with E-state index in [-0.39, 0.29) is 0 Å². The summed E-state index contributed by atoms with van der Waals surface area (Å²) in [5, 5.41) is 8.79. The molecule has 54 heavy (non-hydrogen) atoms. The lowest BCUT2D eigenvalue weighted by Gasteiger charge is -2.21. The molecule has 0 bridgehead atoms. The molecule has 0 amide bonds. The fourth-order valence-corrected chi connectivity index (χ4v) is 7.12. The van der Waals surface area contributed by atoms with Gasteiger partial charge in [0, 0.05) is 19.8 Å². The molecule has 0 saturated heterocycles. The molecule has 0 aromatic rings. The van der Waals surface area contributed by atoms with Crippen molar-refractivity contribution in [3.05, 3.63) is 0 Å². The highest BCUT2D eigenvalue weighted by atomic mass is 31.2. The maximum absolute atomic E-state index is 8.88. The van der Waals surface area contributed by atoms with Gasteiger partial charge in [-0.25, -0.2) is 4.57 Å². The average Bonchev–Trinajstić information content (AvgIpc) is 3.14. The predicted octanol–water partition coefficient (Wildman–Crippen LogP) is 14.2. The zero-order valence-electron chi connectivity index (χ0n) is 37.5. The van der Waals surface area contributed by atoms with Gasteiger partial charge in [0.1, 0.15) is 0 Å². The maximum atomic E-state index is 8.88. The van der Waals surface area contributed by atoms with Gasteiger partial charge in [-0.05, 0) is 63.5 Å². The second-order valence-corrected chi connectivity index (χ2v) is 17.3. The molecular weight excluding hydrogens is 693 g/mol. The summed E-state index contributed by atoms with van der Waals surface area (Å²) in [6.45, 7) is 19.2. The SMILES string of the molecule is CCCCCCCCC(CCCCCCCC)COCC(CCCCCCCC)CCCCCCCC.CCCCN(CCO)CCCC.O=P(O)(O)O. The third-order valence-electron chi connectivity index (χ3n) is 10.6. The molecule has 8 heteroatoms. The quantitative estimate of drug-likeness (QED) is 0.0361. The van der Waals surface area contributed by atoms with Crippen LogP contribution < -0.4 is 0 Å². The van der Waals surface area contributed by atoms with Crippen LogP contribution in [0.15, 0.2) is 0 Å². The van der Waals surface area contributed by atoms with Crippen molar-refractivity contribution >= 4 is 7.82 Å². The van der Waals surface area contributed by atoms with Crippen molar-refractivity contribution in [2.24, 2.45) is 11.8 Å². The van der Waals surface area contributed by atoms with Crippen LogP contribution in [-0.4, -0.2) is 64.1 Å². The molecule has 0 atom stereocenters. The molecule has 0 aromatic carbocycles. The van der Waals surface area contributed by atoms with Crippen molar-refractivity contribution in [2.75, 3.05) is 39.5 Å². The Labute approximate surface area is 339 Å². The van der Waals surface area contributed by atoms with E-state index in [9.17, 15) is 0 Å². The largest absolute Gasteiger partial charge is 0.466 e. The van der Waals surface area contributed by atoms with Crippen molar-refractivity contribution < 1.29 is 29.1 Å². The minimum absolute atomic E-state index is 0.299. The van der Waals surface area contributed by atoms with E-state index in [4.69, 9.17) is 29.1 Å². The number of nitrogens with zero attached hydrogens (tertiary/aromatic N) is 1. The first-order valence-corrected chi connectivity index (χ1v) is 25.4. The molecule has 0 aliphatic rings. The Bertz CT molecular complexity index is 624. The first kappa shape index (κ1) is 58.3. The number of unbranched alkanes of at least 4 members (excludes halogenated alkanes) is 22. The third-order valence-corrected chi connectivity index (χ3v) is 10.6. The van der Waals surface area contributed by atoms with E-state index in [0.29, 0.717) is 6.61 Å². The smallest absolute Gasteiger partial charge is 0.395 e. The lowest BCUT2D eigenvalue weighted by atomic mass is 9.93. The summed E-state index contributed by atoms with van der Waals surface area (Å²) in [7, 11) is -4.64. The highest BCUT2D eigenvalue weighted by molar-refractivity contribution is 7.45. The molecule has 4 N–H and O–H groups in total. The van der Waals surface area contributed by atoms with E-state index in [1.54, 1.807) is 0 Å². The van der Waals surface area contributed by atoms with Gasteiger partial charge < -0.3 is 29.4 Å². The van der Waals surface area contributed by atoms with Gasteiger partial charge in [0.25, 0.3) is 0 Å². The Morgan fingerprint density at radius 3 is 0.889 bits per heavy atom. The third kappa shape index (κ3) is 56.3. The normalized spacial score (nSPS) is 11.6. The molecule has 0 aromatic heterocycles. The van der Waals surface area contributed by atoms with Crippen LogP contribution in [0.2, 0.25) is 0 Å². The molecule has 0 saturated carbocycles. The number of rotatable bonds is 40. The molecule has 0 aliphatic heterocycles. The van der Waals surface area contributed by atoms with E-state index in [2.05, 4.69) is 46.4 Å². The zero-order valence-corrected chi connectivity index (χ0v) is 38.4. The Morgan fingerprint density at radius 2 is 0.648 bits per heavy atom. The van der Waals surface area contributed by atoms with Crippen LogP contribution in [0.25, 0.3) is 0 Å². The number of aliphatic hydroxyl groups is 1. The minimum Gasteiger partial charge on any atom is -0.395 e. The minimum atomic E-state index is -4.64. The number of aliphatic hydroxyl groups excluding tert-OH is 1. The molecule has 0 radical (unpaired) electrons. The lowest BCUT2D eigenvalue weighted by Crippen LogP contribution is -2.28. The van der Waals surface area contributed by atoms with E-state index >= 15 is 0 Å². The number of ether oxygens (including phenoxy) is 1. The maximum Gasteiger partial charge on any atom is 0.466 e. The second-order valence-electron chi connectivity index (χ2n) is 16.3. The summed E-state index contributed by atoms with van der Waals surface area (Å²) >= 11 is 0. The molecule has 0 fully saturated rings. The molecule has 0 rings (SSSR count). The van der Waals surface area contributed by atoms with Gasteiger partial charge in [-0.3, -0.25) is 0 Å². The van der Waals surface area contributed by atoms with Gasteiger partial charge in [0.05, 0.1) is 6.61 Å². The fourth-order valence-electron chi connectivity index (χ4n) is 7.12.